The largest absolute Gasteiger partial charge is 0.505 e. The average Bonchev–Trinajstić information content (AvgIpc) is 2.71. The molecule has 0 aromatic heterocycles. The second-order valence-electron chi connectivity index (χ2n) is 5.06. The van der Waals surface area contributed by atoms with Crippen LogP contribution in [0.3, 0.4) is 0 Å². The number of anilines is 1. The molecule has 4 heteroatoms. The number of hydrogen-bond acceptors (Lipinski definition) is 3. The van der Waals surface area contributed by atoms with Crippen molar-refractivity contribution in [3.8, 4) is 5.75 Å². The Balaban J connectivity index is 1.71. The van der Waals surface area contributed by atoms with Gasteiger partial charge in [-0.2, -0.15) is 0 Å². The highest BCUT2D eigenvalue weighted by Crippen LogP contribution is 2.30. The molecule has 0 spiro atoms. The van der Waals surface area contributed by atoms with Gasteiger partial charge in [-0.15, -0.1) is 0 Å². The van der Waals surface area contributed by atoms with Crippen LogP contribution in [0, 0.1) is 11.7 Å². The summed E-state index contributed by atoms with van der Waals surface area (Å²) in [4.78, 5) is 2.49. The normalized spacial score (nSPS) is 31.5. The van der Waals surface area contributed by atoms with E-state index in [2.05, 4.69) is 10.2 Å². The highest BCUT2D eigenvalue weighted by Gasteiger charge is 2.34. The molecular weight excluding hydrogens is 219 g/mol. The third-order valence-electron chi connectivity index (χ3n) is 3.93. The maximum absolute atomic E-state index is 13.2. The van der Waals surface area contributed by atoms with Crippen molar-refractivity contribution in [1.82, 2.24) is 4.90 Å². The zero-order valence-electron chi connectivity index (χ0n) is 9.69. The van der Waals surface area contributed by atoms with Crippen LogP contribution < -0.4 is 5.32 Å². The van der Waals surface area contributed by atoms with E-state index in [1.807, 2.05) is 0 Å². The van der Waals surface area contributed by atoms with Gasteiger partial charge in [0.1, 0.15) is 0 Å². The molecule has 17 heavy (non-hydrogen) atoms. The van der Waals surface area contributed by atoms with Gasteiger partial charge in [0.05, 0.1) is 0 Å². The Hall–Kier alpha value is -1.29. The maximum Gasteiger partial charge on any atom is 0.166 e. The zero-order valence-corrected chi connectivity index (χ0v) is 9.69. The quantitative estimate of drug-likeness (QED) is 0.771. The molecule has 2 saturated heterocycles. The van der Waals surface area contributed by atoms with Crippen molar-refractivity contribution >= 4 is 5.69 Å². The molecule has 1 aromatic carbocycles. The topological polar surface area (TPSA) is 35.5 Å². The summed E-state index contributed by atoms with van der Waals surface area (Å²) in [5.41, 5.74) is 0.769. The zero-order chi connectivity index (χ0) is 11.8. The Bertz CT molecular complexity index is 424. The number of nitrogens with one attached hydrogen (secondary N) is 1. The summed E-state index contributed by atoms with van der Waals surface area (Å²) in [5.74, 6) is -0.161. The van der Waals surface area contributed by atoms with Crippen molar-refractivity contribution in [2.75, 3.05) is 25.0 Å². The van der Waals surface area contributed by atoms with Crippen molar-refractivity contribution in [3.63, 3.8) is 0 Å². The fourth-order valence-corrected chi connectivity index (χ4v) is 2.95. The van der Waals surface area contributed by atoms with Crippen molar-refractivity contribution in [3.05, 3.63) is 24.0 Å². The Morgan fingerprint density at radius 2 is 2.12 bits per heavy atom. The van der Waals surface area contributed by atoms with Gasteiger partial charge in [-0.05, 0) is 37.4 Å². The molecule has 3 nitrogen and oxygen atoms in total. The van der Waals surface area contributed by atoms with Crippen LogP contribution in [0.1, 0.15) is 12.8 Å². The minimum atomic E-state index is -0.557. The minimum absolute atomic E-state index is 0.286. The van der Waals surface area contributed by atoms with Crippen molar-refractivity contribution in [2.45, 2.75) is 18.9 Å². The SMILES string of the molecule is Oc1ccc(NC2CCN3CCC2C3)cc1F. The van der Waals surface area contributed by atoms with Crippen molar-refractivity contribution in [2.24, 2.45) is 5.92 Å². The molecule has 2 heterocycles. The van der Waals surface area contributed by atoms with Gasteiger partial charge in [-0.1, -0.05) is 0 Å². The maximum atomic E-state index is 13.2. The first-order valence-electron chi connectivity index (χ1n) is 6.20. The first-order valence-corrected chi connectivity index (χ1v) is 6.20. The van der Waals surface area contributed by atoms with Crippen LogP contribution in [0.4, 0.5) is 10.1 Å². The van der Waals surface area contributed by atoms with Crippen LogP contribution in [-0.4, -0.2) is 35.7 Å². The summed E-state index contributed by atoms with van der Waals surface area (Å²) < 4.78 is 13.2. The van der Waals surface area contributed by atoms with Gasteiger partial charge in [0.15, 0.2) is 11.6 Å². The number of phenols is 1. The summed E-state index contributed by atoms with van der Waals surface area (Å²) in [5, 5.41) is 12.5. The van der Waals surface area contributed by atoms with Gasteiger partial charge in [-0.25, -0.2) is 4.39 Å². The molecule has 0 aliphatic carbocycles. The van der Waals surface area contributed by atoms with Crippen molar-refractivity contribution in [1.29, 1.82) is 0 Å². The third-order valence-corrected chi connectivity index (χ3v) is 3.93. The number of nitrogens with zero attached hydrogens (tertiary/aromatic N) is 1. The van der Waals surface area contributed by atoms with Crippen molar-refractivity contribution < 1.29 is 9.50 Å². The summed E-state index contributed by atoms with van der Waals surface area (Å²) in [6.45, 7) is 3.50. The molecule has 92 valence electrons. The molecule has 2 N–H and O–H groups in total. The van der Waals surface area contributed by atoms with Crippen LogP contribution >= 0.6 is 0 Å². The molecule has 0 radical (unpaired) electrons. The molecule has 0 saturated carbocycles. The van der Waals surface area contributed by atoms with Gasteiger partial charge >= 0.3 is 0 Å². The number of hydrogen-bond donors (Lipinski definition) is 2. The molecule has 2 aliphatic heterocycles. The van der Waals surface area contributed by atoms with Crippen LogP contribution in [0.15, 0.2) is 18.2 Å². The summed E-state index contributed by atoms with van der Waals surface area (Å²) in [6.07, 6.45) is 2.35. The summed E-state index contributed by atoms with van der Waals surface area (Å²) in [6, 6.07) is 4.95. The van der Waals surface area contributed by atoms with E-state index in [0.717, 1.165) is 25.2 Å². The van der Waals surface area contributed by atoms with Gasteiger partial charge < -0.3 is 15.3 Å². The number of benzene rings is 1. The Morgan fingerprint density at radius 3 is 2.94 bits per heavy atom. The van der Waals surface area contributed by atoms with E-state index in [-0.39, 0.29) is 5.75 Å². The number of fused-ring (bicyclic) bond motifs is 2. The number of piperidine rings is 1. The highest BCUT2D eigenvalue weighted by atomic mass is 19.1. The van der Waals surface area contributed by atoms with Crippen LogP contribution in [0.5, 0.6) is 5.75 Å². The van der Waals surface area contributed by atoms with Crippen LogP contribution in [0.2, 0.25) is 0 Å². The van der Waals surface area contributed by atoms with E-state index >= 15 is 0 Å². The molecule has 2 bridgehead atoms. The monoisotopic (exact) mass is 236 g/mol. The standard InChI is InChI=1S/C13H17FN2O/c14-11-7-10(1-2-13(11)17)15-12-4-6-16-5-3-9(12)8-16/h1-2,7,9,12,15,17H,3-6,8H2. The molecule has 1 aromatic rings. The number of rotatable bonds is 2. The average molecular weight is 236 g/mol. The second kappa shape index (κ2) is 4.18. The third kappa shape index (κ3) is 2.09. The first-order chi connectivity index (χ1) is 8.22. The molecule has 2 fully saturated rings. The van der Waals surface area contributed by atoms with E-state index in [1.54, 1.807) is 6.07 Å². The lowest BCUT2D eigenvalue weighted by molar-refractivity contribution is 0.255. The van der Waals surface area contributed by atoms with E-state index in [9.17, 15) is 4.39 Å². The molecule has 3 atom stereocenters. The van der Waals surface area contributed by atoms with E-state index in [0.29, 0.717) is 12.0 Å². The smallest absolute Gasteiger partial charge is 0.166 e. The highest BCUT2D eigenvalue weighted by molar-refractivity contribution is 5.47. The second-order valence-corrected chi connectivity index (χ2v) is 5.06. The van der Waals surface area contributed by atoms with E-state index in [4.69, 9.17) is 5.11 Å². The lowest BCUT2D eigenvalue weighted by atomic mass is 9.94. The molecule has 0 amide bonds. The Morgan fingerprint density at radius 1 is 1.29 bits per heavy atom. The number of aromatic hydroxyl groups is 1. The molecule has 3 unspecified atom stereocenters. The van der Waals surface area contributed by atoms with E-state index < -0.39 is 5.82 Å². The van der Waals surface area contributed by atoms with Gasteiger partial charge in [0.2, 0.25) is 0 Å². The fraction of sp³-hybridized carbons (Fsp3) is 0.538. The predicted octanol–water partition coefficient (Wildman–Crippen LogP) is 2.04. The summed E-state index contributed by atoms with van der Waals surface area (Å²) in [7, 11) is 0. The summed E-state index contributed by atoms with van der Waals surface area (Å²) >= 11 is 0. The lowest BCUT2D eigenvalue weighted by Crippen LogP contribution is -2.39. The molecular formula is C13H17FN2O. The predicted molar refractivity (Wildman–Crippen MR) is 64.6 cm³/mol. The van der Waals surface area contributed by atoms with Crippen LogP contribution in [-0.2, 0) is 0 Å². The van der Waals surface area contributed by atoms with Gasteiger partial charge in [0.25, 0.3) is 0 Å². The van der Waals surface area contributed by atoms with Gasteiger partial charge in [0, 0.05) is 30.9 Å². The van der Waals surface area contributed by atoms with Crippen LogP contribution in [0.25, 0.3) is 0 Å². The molecule has 3 rings (SSSR count). The van der Waals surface area contributed by atoms with E-state index in [1.165, 1.54) is 25.1 Å². The minimum Gasteiger partial charge on any atom is -0.505 e. The Kier molecular flexibility index (Phi) is 2.67. The fourth-order valence-electron chi connectivity index (χ4n) is 2.95. The van der Waals surface area contributed by atoms with Gasteiger partial charge in [-0.3, -0.25) is 0 Å². The first kappa shape index (κ1) is 10.8. The number of phenolic OH excluding ortho intramolecular Hbond substituents is 1. The molecule has 2 aliphatic rings. The lowest BCUT2D eigenvalue weighted by Gasteiger charge is -2.31. The Labute approximate surface area is 100 Å². The number of halogens is 1.